The molecule has 0 saturated heterocycles. The second-order valence-electron chi connectivity index (χ2n) is 8.11. The zero-order valence-corrected chi connectivity index (χ0v) is 18.1. The van der Waals surface area contributed by atoms with Gasteiger partial charge in [-0.2, -0.15) is 0 Å². The molecule has 0 aliphatic heterocycles. The predicted octanol–water partition coefficient (Wildman–Crippen LogP) is 3.96. The molecule has 2 N–H and O–H groups in total. The van der Waals surface area contributed by atoms with Crippen LogP contribution in [0.1, 0.15) is 52.0 Å². The molecule has 1 aromatic rings. The molecule has 1 saturated carbocycles. The van der Waals surface area contributed by atoms with Gasteiger partial charge in [-0.1, -0.05) is 18.0 Å². The molecule has 0 atom stereocenters. The Labute approximate surface area is 168 Å². The second kappa shape index (κ2) is 10.2. The van der Waals surface area contributed by atoms with Crippen molar-refractivity contribution in [2.45, 2.75) is 63.7 Å². The van der Waals surface area contributed by atoms with Gasteiger partial charge in [0, 0.05) is 23.3 Å². The van der Waals surface area contributed by atoms with Crippen LogP contribution in [0.3, 0.4) is 0 Å². The largest absolute Gasteiger partial charge is 0.493 e. The summed E-state index contributed by atoms with van der Waals surface area (Å²) < 4.78 is 14.4. The third-order valence-electron chi connectivity index (χ3n) is 4.79. The van der Waals surface area contributed by atoms with E-state index in [1.165, 1.54) is 0 Å². The van der Waals surface area contributed by atoms with E-state index in [9.17, 15) is 4.79 Å². The number of carbonyl (C=O) groups is 1. The maximum atomic E-state index is 12.5. The van der Waals surface area contributed by atoms with Crippen molar-refractivity contribution in [1.29, 1.82) is 0 Å². The van der Waals surface area contributed by atoms with Crippen molar-refractivity contribution in [2.24, 2.45) is 5.92 Å². The summed E-state index contributed by atoms with van der Waals surface area (Å²) >= 11 is 1.80. The van der Waals surface area contributed by atoms with Crippen molar-refractivity contribution in [3.63, 3.8) is 0 Å². The Morgan fingerprint density at radius 1 is 1.11 bits per heavy atom. The fraction of sp³-hybridized carbons (Fsp3) is 0.667. The topological polar surface area (TPSA) is 59.6 Å². The fourth-order valence-electron chi connectivity index (χ4n) is 3.24. The van der Waals surface area contributed by atoms with Crippen molar-refractivity contribution < 1.29 is 14.3 Å². The highest BCUT2D eigenvalue weighted by Crippen LogP contribution is 2.29. The molecule has 0 bridgehead atoms. The number of hydrogen-bond donors (Lipinski definition) is 2. The maximum absolute atomic E-state index is 12.5. The van der Waals surface area contributed by atoms with E-state index in [1.807, 2.05) is 18.2 Å². The first-order valence-electron chi connectivity index (χ1n) is 9.74. The molecule has 0 heterocycles. The van der Waals surface area contributed by atoms with Crippen LogP contribution in [0.15, 0.2) is 18.2 Å². The molecule has 1 aliphatic rings. The number of hydrogen-bond acceptors (Lipinski definition) is 5. The van der Waals surface area contributed by atoms with Gasteiger partial charge in [0.15, 0.2) is 11.5 Å². The van der Waals surface area contributed by atoms with Gasteiger partial charge >= 0.3 is 0 Å². The molecule has 1 amide bonds. The summed E-state index contributed by atoms with van der Waals surface area (Å²) in [5.41, 5.74) is 1.13. The average Bonchev–Trinajstić information content (AvgIpc) is 2.66. The fourth-order valence-corrected chi connectivity index (χ4v) is 4.00. The monoisotopic (exact) mass is 394 g/mol. The highest BCUT2D eigenvalue weighted by molar-refractivity contribution is 7.98. The van der Waals surface area contributed by atoms with Crippen LogP contribution < -0.4 is 19.5 Å². The Morgan fingerprint density at radius 2 is 1.78 bits per heavy atom. The maximum Gasteiger partial charge on any atom is 0.223 e. The van der Waals surface area contributed by atoms with Crippen LogP contribution in [-0.4, -0.2) is 37.5 Å². The van der Waals surface area contributed by atoms with Gasteiger partial charge < -0.3 is 14.8 Å². The number of methoxy groups -OCH3 is 2. The van der Waals surface area contributed by atoms with E-state index in [0.29, 0.717) is 12.6 Å². The first-order valence-corrected chi connectivity index (χ1v) is 10.6. The molecular formula is C21H34N2O3S. The SMILES string of the molecule is COc1ccc(CCNC(=O)C2CCC(NSC(C)(C)C)CC2)cc1OC. The Hall–Kier alpha value is -1.40. The predicted molar refractivity (Wildman–Crippen MR) is 112 cm³/mol. The van der Waals surface area contributed by atoms with Crippen LogP contribution in [0.2, 0.25) is 0 Å². The molecule has 1 aromatic carbocycles. The third-order valence-corrected chi connectivity index (χ3v) is 5.85. The summed E-state index contributed by atoms with van der Waals surface area (Å²) in [6.07, 6.45) is 4.84. The summed E-state index contributed by atoms with van der Waals surface area (Å²) in [7, 11) is 3.26. The molecule has 1 fully saturated rings. The van der Waals surface area contributed by atoms with Crippen LogP contribution in [0.5, 0.6) is 11.5 Å². The van der Waals surface area contributed by atoms with E-state index in [-0.39, 0.29) is 16.6 Å². The Morgan fingerprint density at radius 3 is 2.37 bits per heavy atom. The summed E-state index contributed by atoms with van der Waals surface area (Å²) in [5.74, 6) is 1.78. The lowest BCUT2D eigenvalue weighted by Gasteiger charge is -2.30. The number of amides is 1. The smallest absolute Gasteiger partial charge is 0.223 e. The minimum Gasteiger partial charge on any atom is -0.493 e. The molecule has 0 radical (unpaired) electrons. The van der Waals surface area contributed by atoms with Crippen molar-refractivity contribution >= 4 is 17.9 Å². The van der Waals surface area contributed by atoms with E-state index >= 15 is 0 Å². The van der Waals surface area contributed by atoms with Crippen molar-refractivity contribution in [3.8, 4) is 11.5 Å². The number of benzene rings is 1. The summed E-state index contributed by atoms with van der Waals surface area (Å²) in [4.78, 5) is 12.5. The molecule has 27 heavy (non-hydrogen) atoms. The zero-order valence-electron chi connectivity index (χ0n) is 17.3. The summed E-state index contributed by atoms with van der Waals surface area (Å²) in [6.45, 7) is 7.28. The highest BCUT2D eigenvalue weighted by Gasteiger charge is 2.26. The zero-order chi connectivity index (χ0) is 19.9. The number of nitrogens with one attached hydrogen (secondary N) is 2. The minimum atomic E-state index is 0.146. The lowest BCUT2D eigenvalue weighted by atomic mass is 9.86. The van der Waals surface area contributed by atoms with Crippen LogP contribution >= 0.6 is 11.9 Å². The van der Waals surface area contributed by atoms with Gasteiger partial charge in [-0.15, -0.1) is 0 Å². The van der Waals surface area contributed by atoms with E-state index in [1.54, 1.807) is 26.2 Å². The number of rotatable bonds is 8. The lowest BCUT2D eigenvalue weighted by molar-refractivity contribution is -0.125. The normalized spacial score (nSPS) is 20.2. The Bertz CT molecular complexity index is 608. The molecule has 2 rings (SSSR count). The molecule has 0 aromatic heterocycles. The van der Waals surface area contributed by atoms with Gasteiger partial charge in [0.05, 0.1) is 14.2 Å². The molecule has 0 spiro atoms. The quantitative estimate of drug-likeness (QED) is 0.654. The second-order valence-corrected chi connectivity index (χ2v) is 9.78. The number of ether oxygens (including phenoxy) is 2. The Balaban J connectivity index is 1.71. The van der Waals surface area contributed by atoms with Gasteiger partial charge in [-0.3, -0.25) is 9.52 Å². The summed E-state index contributed by atoms with van der Waals surface area (Å²) in [6, 6.07) is 6.40. The first kappa shape index (κ1) is 21.9. The minimum absolute atomic E-state index is 0.146. The number of carbonyl (C=O) groups excluding carboxylic acids is 1. The van der Waals surface area contributed by atoms with Crippen LogP contribution in [0.25, 0.3) is 0 Å². The summed E-state index contributed by atoms with van der Waals surface area (Å²) in [5, 5.41) is 3.10. The van der Waals surface area contributed by atoms with Gasteiger partial charge in [0.1, 0.15) is 0 Å². The van der Waals surface area contributed by atoms with Crippen molar-refractivity contribution in [2.75, 3.05) is 20.8 Å². The highest BCUT2D eigenvalue weighted by atomic mass is 32.2. The van der Waals surface area contributed by atoms with Crippen LogP contribution in [0, 0.1) is 5.92 Å². The molecule has 6 heteroatoms. The first-order chi connectivity index (χ1) is 12.8. The van der Waals surface area contributed by atoms with Gasteiger partial charge in [-0.25, -0.2) is 0 Å². The van der Waals surface area contributed by atoms with Crippen LogP contribution in [-0.2, 0) is 11.2 Å². The molecular weight excluding hydrogens is 360 g/mol. The van der Waals surface area contributed by atoms with Gasteiger partial charge in [-0.05, 0) is 70.6 Å². The van der Waals surface area contributed by atoms with Crippen molar-refractivity contribution in [3.05, 3.63) is 23.8 Å². The van der Waals surface area contributed by atoms with E-state index in [0.717, 1.165) is 49.2 Å². The standard InChI is InChI=1S/C21H34N2O3S/c1-21(2,3)27-23-17-9-7-16(8-10-17)20(24)22-13-12-15-6-11-18(25-4)19(14-15)26-5/h6,11,14,16-17,23H,7-10,12-13H2,1-5H3,(H,22,24). The van der Waals surface area contributed by atoms with Crippen molar-refractivity contribution in [1.82, 2.24) is 10.0 Å². The van der Waals surface area contributed by atoms with Gasteiger partial charge in [0.2, 0.25) is 5.91 Å². The Kier molecular flexibility index (Phi) is 8.29. The van der Waals surface area contributed by atoms with E-state index in [4.69, 9.17) is 9.47 Å². The third kappa shape index (κ3) is 7.26. The molecule has 1 aliphatic carbocycles. The van der Waals surface area contributed by atoms with Gasteiger partial charge in [0.25, 0.3) is 0 Å². The molecule has 152 valence electrons. The molecule has 5 nitrogen and oxygen atoms in total. The lowest BCUT2D eigenvalue weighted by Crippen LogP contribution is -2.38. The van der Waals surface area contributed by atoms with E-state index < -0.39 is 0 Å². The molecule has 0 unspecified atom stereocenters. The van der Waals surface area contributed by atoms with Crippen LogP contribution in [0.4, 0.5) is 0 Å². The average molecular weight is 395 g/mol. The van der Waals surface area contributed by atoms with E-state index in [2.05, 4.69) is 30.8 Å².